The van der Waals surface area contributed by atoms with E-state index in [1.54, 1.807) is 0 Å². The Kier molecular flexibility index (Phi) is 3.17. The van der Waals surface area contributed by atoms with Gasteiger partial charge in [-0.3, -0.25) is 5.14 Å². The maximum absolute atomic E-state index is 6.13. The summed E-state index contributed by atoms with van der Waals surface area (Å²) in [6.07, 6.45) is 1.98. The second-order valence-electron chi connectivity index (χ2n) is 5.38. The summed E-state index contributed by atoms with van der Waals surface area (Å²) in [5, 5.41) is 5.81. The lowest BCUT2D eigenvalue weighted by Crippen LogP contribution is -2.25. The molecule has 3 heteroatoms. The molecule has 17 heavy (non-hydrogen) atoms. The van der Waals surface area contributed by atoms with E-state index in [1.165, 1.54) is 39.1 Å². The smallest absolute Gasteiger partial charge is 0.127 e. The largest absolute Gasteiger partial charge is 0.487 e. The van der Waals surface area contributed by atoms with Crippen molar-refractivity contribution in [3.05, 3.63) is 22.3 Å². The topological polar surface area (TPSA) is 35.2 Å². The van der Waals surface area contributed by atoms with E-state index in [0.29, 0.717) is 0 Å². The molecule has 0 radical (unpaired) electrons. The molecule has 94 valence electrons. The van der Waals surface area contributed by atoms with Crippen molar-refractivity contribution in [2.24, 2.45) is 5.14 Å². The molecular weight excluding hydrogens is 230 g/mol. The first-order chi connectivity index (χ1) is 7.91. The van der Waals surface area contributed by atoms with Crippen molar-refractivity contribution in [2.45, 2.75) is 58.0 Å². The van der Waals surface area contributed by atoms with Gasteiger partial charge in [-0.05, 0) is 62.8 Å². The van der Waals surface area contributed by atoms with Crippen LogP contribution in [-0.4, -0.2) is 5.60 Å². The number of hydrogen-bond donors (Lipinski definition) is 1. The normalized spacial score (nSPS) is 16.8. The van der Waals surface area contributed by atoms with Crippen molar-refractivity contribution in [1.29, 1.82) is 0 Å². The van der Waals surface area contributed by atoms with E-state index in [1.807, 2.05) is 0 Å². The van der Waals surface area contributed by atoms with Crippen LogP contribution in [0.1, 0.15) is 43.0 Å². The molecule has 0 saturated heterocycles. The van der Waals surface area contributed by atoms with Crippen molar-refractivity contribution >= 4 is 11.9 Å². The van der Waals surface area contributed by atoms with E-state index in [9.17, 15) is 0 Å². The zero-order valence-electron chi connectivity index (χ0n) is 11.3. The highest BCUT2D eigenvalue weighted by molar-refractivity contribution is 7.97. The number of benzene rings is 1. The third-order valence-electron chi connectivity index (χ3n) is 3.59. The first-order valence-corrected chi connectivity index (χ1v) is 7.00. The molecule has 0 bridgehead atoms. The minimum absolute atomic E-state index is 0.0820. The molecule has 0 aromatic heterocycles. The van der Waals surface area contributed by atoms with Crippen LogP contribution in [0, 0.1) is 13.8 Å². The molecular formula is C14H21NOS. The Bertz CT molecular complexity index is 466. The van der Waals surface area contributed by atoms with E-state index in [4.69, 9.17) is 9.88 Å². The molecule has 0 saturated carbocycles. The van der Waals surface area contributed by atoms with Crippen LogP contribution in [0.3, 0.4) is 0 Å². The molecule has 0 amide bonds. The summed E-state index contributed by atoms with van der Waals surface area (Å²) in [6.45, 7) is 10.8. The van der Waals surface area contributed by atoms with E-state index >= 15 is 0 Å². The van der Waals surface area contributed by atoms with Crippen LogP contribution in [0.2, 0.25) is 0 Å². The Hall–Kier alpha value is -0.670. The van der Waals surface area contributed by atoms with Crippen molar-refractivity contribution in [3.8, 4) is 5.75 Å². The second-order valence-corrected chi connectivity index (χ2v) is 6.02. The average Bonchev–Trinajstić information content (AvgIpc) is 2.56. The first-order valence-electron chi connectivity index (χ1n) is 6.12. The average molecular weight is 251 g/mol. The number of nitrogens with two attached hydrogens (primary N) is 1. The zero-order chi connectivity index (χ0) is 12.8. The number of ether oxygens (including phenoxy) is 1. The SMILES string of the molecule is CCc1c(C)c(SN)c(C)c2c1OC(C)(C)C2. The molecule has 2 nitrogen and oxygen atoms in total. The van der Waals surface area contributed by atoms with Gasteiger partial charge in [0.25, 0.3) is 0 Å². The van der Waals surface area contributed by atoms with Gasteiger partial charge < -0.3 is 4.74 Å². The minimum atomic E-state index is -0.0820. The van der Waals surface area contributed by atoms with Gasteiger partial charge in [0.05, 0.1) is 0 Å². The van der Waals surface area contributed by atoms with Gasteiger partial charge in [0.1, 0.15) is 11.4 Å². The summed E-state index contributed by atoms with van der Waals surface area (Å²) < 4.78 is 6.13. The third-order valence-corrected chi connectivity index (χ3v) is 4.44. The third kappa shape index (κ3) is 1.95. The molecule has 1 aromatic carbocycles. The fraction of sp³-hybridized carbons (Fsp3) is 0.571. The Balaban J connectivity index is 2.70. The van der Waals surface area contributed by atoms with Gasteiger partial charge in [-0.2, -0.15) is 0 Å². The Morgan fingerprint density at radius 2 is 1.94 bits per heavy atom. The van der Waals surface area contributed by atoms with E-state index in [2.05, 4.69) is 34.6 Å². The van der Waals surface area contributed by atoms with Gasteiger partial charge in [0.15, 0.2) is 0 Å². The minimum Gasteiger partial charge on any atom is -0.487 e. The lowest BCUT2D eigenvalue weighted by molar-refractivity contribution is 0.137. The van der Waals surface area contributed by atoms with Gasteiger partial charge in [-0.25, -0.2) is 0 Å². The molecule has 1 aromatic rings. The van der Waals surface area contributed by atoms with Crippen LogP contribution in [0.15, 0.2) is 4.90 Å². The molecule has 1 aliphatic rings. The van der Waals surface area contributed by atoms with E-state index in [0.717, 1.165) is 18.6 Å². The summed E-state index contributed by atoms with van der Waals surface area (Å²) in [5.74, 6) is 1.12. The molecule has 2 rings (SSSR count). The van der Waals surface area contributed by atoms with Crippen molar-refractivity contribution < 1.29 is 4.74 Å². The lowest BCUT2D eigenvalue weighted by atomic mass is 9.93. The summed E-state index contributed by atoms with van der Waals surface area (Å²) in [5.41, 5.74) is 5.18. The number of hydrogen-bond acceptors (Lipinski definition) is 3. The van der Waals surface area contributed by atoms with Crippen LogP contribution in [0.25, 0.3) is 0 Å². The first kappa shape index (κ1) is 12.8. The van der Waals surface area contributed by atoms with Crippen LogP contribution in [-0.2, 0) is 12.8 Å². The number of rotatable bonds is 2. The fourth-order valence-electron chi connectivity index (χ4n) is 2.75. The zero-order valence-corrected chi connectivity index (χ0v) is 12.1. The molecule has 1 heterocycles. The monoisotopic (exact) mass is 251 g/mol. The second kappa shape index (κ2) is 4.21. The fourth-order valence-corrected chi connectivity index (χ4v) is 3.35. The predicted octanol–water partition coefficient (Wildman–Crippen LogP) is 3.55. The molecule has 0 spiro atoms. The van der Waals surface area contributed by atoms with Gasteiger partial charge in [0, 0.05) is 16.9 Å². The van der Waals surface area contributed by atoms with Crippen LogP contribution >= 0.6 is 11.9 Å². The molecule has 2 N–H and O–H groups in total. The lowest BCUT2D eigenvalue weighted by Gasteiger charge is -2.19. The van der Waals surface area contributed by atoms with Gasteiger partial charge in [0.2, 0.25) is 0 Å². The van der Waals surface area contributed by atoms with Crippen LogP contribution < -0.4 is 9.88 Å². The Morgan fingerprint density at radius 3 is 2.47 bits per heavy atom. The Labute approximate surface area is 108 Å². The molecule has 0 atom stereocenters. The highest BCUT2D eigenvalue weighted by Gasteiger charge is 2.34. The molecule has 1 aliphatic heterocycles. The highest BCUT2D eigenvalue weighted by Crippen LogP contribution is 2.44. The Morgan fingerprint density at radius 1 is 1.29 bits per heavy atom. The van der Waals surface area contributed by atoms with Gasteiger partial charge in [-0.1, -0.05) is 6.92 Å². The summed E-state index contributed by atoms with van der Waals surface area (Å²) in [7, 11) is 0. The van der Waals surface area contributed by atoms with Crippen LogP contribution in [0.5, 0.6) is 5.75 Å². The summed E-state index contributed by atoms with van der Waals surface area (Å²) in [6, 6.07) is 0. The van der Waals surface area contributed by atoms with E-state index in [-0.39, 0.29) is 5.60 Å². The van der Waals surface area contributed by atoms with E-state index < -0.39 is 0 Å². The summed E-state index contributed by atoms with van der Waals surface area (Å²) in [4.78, 5) is 1.22. The quantitative estimate of drug-likeness (QED) is 0.816. The van der Waals surface area contributed by atoms with Gasteiger partial charge >= 0.3 is 0 Å². The molecule has 0 unspecified atom stereocenters. The predicted molar refractivity (Wildman–Crippen MR) is 73.7 cm³/mol. The maximum atomic E-state index is 6.13. The maximum Gasteiger partial charge on any atom is 0.127 e. The van der Waals surface area contributed by atoms with Crippen molar-refractivity contribution in [2.75, 3.05) is 0 Å². The van der Waals surface area contributed by atoms with Gasteiger partial charge in [-0.15, -0.1) is 0 Å². The van der Waals surface area contributed by atoms with Crippen molar-refractivity contribution in [1.82, 2.24) is 0 Å². The summed E-state index contributed by atoms with van der Waals surface area (Å²) >= 11 is 1.36. The standard InChI is InChI=1S/C14H21NOS/c1-6-10-8(2)13(17-15)9(3)11-7-14(4,5)16-12(10)11/h6-7,15H2,1-5H3. The molecule has 0 fully saturated rings. The van der Waals surface area contributed by atoms with Crippen LogP contribution in [0.4, 0.5) is 0 Å². The molecule has 0 aliphatic carbocycles. The van der Waals surface area contributed by atoms with Crippen molar-refractivity contribution in [3.63, 3.8) is 0 Å². The highest BCUT2D eigenvalue weighted by atomic mass is 32.2. The number of fused-ring (bicyclic) bond motifs is 1.